The van der Waals surface area contributed by atoms with E-state index in [-0.39, 0.29) is 0 Å². The topological polar surface area (TPSA) is 35.2 Å². The van der Waals surface area contributed by atoms with Crippen LogP contribution in [0.25, 0.3) is 0 Å². The maximum absolute atomic E-state index is 5.57. The van der Waals surface area contributed by atoms with Gasteiger partial charge in [0.25, 0.3) is 0 Å². The van der Waals surface area contributed by atoms with Gasteiger partial charge in [-0.2, -0.15) is 0 Å². The first-order valence-corrected chi connectivity index (χ1v) is 4.65. The first kappa shape index (κ1) is 7.56. The summed E-state index contributed by atoms with van der Waals surface area (Å²) in [5.41, 5.74) is 6.16. The Hall–Kier alpha value is -0.0800. The third-order valence-corrected chi connectivity index (χ3v) is 3.27. The lowest BCUT2D eigenvalue weighted by Crippen LogP contribution is -2.30. The lowest BCUT2D eigenvalue weighted by molar-refractivity contribution is 0.00122. The molecule has 2 fully saturated rings. The van der Waals surface area contributed by atoms with Gasteiger partial charge in [-0.1, -0.05) is 0 Å². The first-order chi connectivity index (χ1) is 5.37. The third kappa shape index (κ3) is 1.30. The van der Waals surface area contributed by atoms with Crippen molar-refractivity contribution in [3.05, 3.63) is 0 Å². The van der Waals surface area contributed by atoms with Gasteiger partial charge in [-0.25, -0.2) is 0 Å². The highest BCUT2D eigenvalue weighted by molar-refractivity contribution is 4.99. The van der Waals surface area contributed by atoms with Gasteiger partial charge >= 0.3 is 0 Å². The molecule has 2 aliphatic rings. The molecule has 0 radical (unpaired) electrons. The van der Waals surface area contributed by atoms with Crippen LogP contribution in [0.4, 0.5) is 0 Å². The zero-order valence-electron chi connectivity index (χ0n) is 7.01. The monoisotopic (exact) mass is 155 g/mol. The Bertz CT molecular complexity index is 140. The second-order valence-electron chi connectivity index (χ2n) is 3.98. The van der Waals surface area contributed by atoms with E-state index in [1.807, 2.05) is 0 Å². The van der Waals surface area contributed by atoms with Gasteiger partial charge in [-0.05, 0) is 43.6 Å². The van der Waals surface area contributed by atoms with Gasteiger partial charge in [0.2, 0.25) is 0 Å². The van der Waals surface area contributed by atoms with Gasteiger partial charge in [-0.15, -0.1) is 0 Å². The molecule has 1 spiro atoms. The van der Waals surface area contributed by atoms with Crippen LogP contribution >= 0.6 is 0 Å². The molecule has 1 aliphatic carbocycles. The Labute approximate surface area is 68.1 Å². The highest BCUT2D eigenvalue weighted by atomic mass is 16.5. The second kappa shape index (κ2) is 2.76. The summed E-state index contributed by atoms with van der Waals surface area (Å²) in [4.78, 5) is 0. The van der Waals surface area contributed by atoms with Crippen LogP contribution in [0.2, 0.25) is 0 Å². The molecule has 0 aromatic rings. The van der Waals surface area contributed by atoms with Gasteiger partial charge in [0.05, 0.1) is 6.61 Å². The van der Waals surface area contributed by atoms with Crippen molar-refractivity contribution in [1.29, 1.82) is 0 Å². The van der Waals surface area contributed by atoms with Crippen LogP contribution in [0.1, 0.15) is 25.7 Å². The third-order valence-electron chi connectivity index (χ3n) is 3.27. The van der Waals surface area contributed by atoms with Crippen molar-refractivity contribution in [3.63, 3.8) is 0 Å². The van der Waals surface area contributed by atoms with Crippen molar-refractivity contribution in [2.24, 2.45) is 17.1 Å². The fourth-order valence-electron chi connectivity index (χ4n) is 2.29. The summed E-state index contributed by atoms with van der Waals surface area (Å²) in [6, 6.07) is 0. The molecule has 0 amide bonds. The molecule has 0 aromatic heterocycles. The van der Waals surface area contributed by atoms with E-state index in [1.165, 1.54) is 25.7 Å². The zero-order chi connectivity index (χ0) is 7.73. The predicted molar refractivity (Wildman–Crippen MR) is 44.3 cm³/mol. The van der Waals surface area contributed by atoms with E-state index in [2.05, 4.69) is 0 Å². The van der Waals surface area contributed by atoms with Gasteiger partial charge in [0.1, 0.15) is 0 Å². The van der Waals surface area contributed by atoms with Crippen LogP contribution in [0.5, 0.6) is 0 Å². The zero-order valence-corrected chi connectivity index (χ0v) is 7.01. The summed E-state index contributed by atoms with van der Waals surface area (Å²) in [5.74, 6) is 0.876. The fourth-order valence-corrected chi connectivity index (χ4v) is 2.29. The van der Waals surface area contributed by atoms with Crippen molar-refractivity contribution in [3.8, 4) is 0 Å². The maximum atomic E-state index is 5.57. The van der Waals surface area contributed by atoms with Crippen molar-refractivity contribution in [2.75, 3.05) is 19.8 Å². The van der Waals surface area contributed by atoms with Gasteiger partial charge in [0.15, 0.2) is 0 Å². The van der Waals surface area contributed by atoms with E-state index in [1.54, 1.807) is 0 Å². The normalized spacial score (nSPS) is 34.1. The van der Waals surface area contributed by atoms with E-state index in [9.17, 15) is 0 Å². The molecule has 2 N–H and O–H groups in total. The lowest BCUT2D eigenvalue weighted by atomic mass is 9.83. The van der Waals surface area contributed by atoms with Crippen molar-refractivity contribution < 1.29 is 4.74 Å². The predicted octanol–water partition coefficient (Wildman–Crippen LogP) is 1.15. The van der Waals surface area contributed by atoms with Crippen LogP contribution < -0.4 is 5.73 Å². The van der Waals surface area contributed by atoms with Gasteiger partial charge in [-0.3, -0.25) is 0 Å². The molecule has 2 rings (SSSR count). The fraction of sp³-hybridized carbons (Fsp3) is 1.00. The molecule has 1 saturated carbocycles. The Morgan fingerprint density at radius 3 is 2.91 bits per heavy atom. The number of ether oxygens (including phenoxy) is 1. The largest absolute Gasteiger partial charge is 0.381 e. The van der Waals surface area contributed by atoms with Gasteiger partial charge in [0, 0.05) is 6.61 Å². The van der Waals surface area contributed by atoms with Crippen molar-refractivity contribution in [1.82, 2.24) is 0 Å². The highest BCUT2D eigenvalue weighted by Gasteiger charge is 2.50. The number of hydrogen-bond acceptors (Lipinski definition) is 2. The molecule has 1 atom stereocenters. The van der Waals surface area contributed by atoms with Crippen LogP contribution in [0.3, 0.4) is 0 Å². The quantitative estimate of drug-likeness (QED) is 0.649. The lowest BCUT2D eigenvalue weighted by Gasteiger charge is -2.31. The van der Waals surface area contributed by atoms with E-state index in [0.29, 0.717) is 5.41 Å². The van der Waals surface area contributed by atoms with E-state index < -0.39 is 0 Å². The molecule has 2 nitrogen and oxygen atoms in total. The summed E-state index contributed by atoms with van der Waals surface area (Å²) < 4.78 is 5.48. The Balaban J connectivity index is 1.93. The molecule has 11 heavy (non-hydrogen) atoms. The minimum atomic E-state index is 0.595. The van der Waals surface area contributed by atoms with E-state index in [4.69, 9.17) is 10.5 Å². The molecule has 0 aromatic carbocycles. The average molecular weight is 155 g/mol. The Kier molecular flexibility index (Phi) is 1.90. The SMILES string of the molecule is NCCC1CCOCC12CC2. The number of rotatable bonds is 2. The molecule has 2 heteroatoms. The summed E-state index contributed by atoms with van der Waals surface area (Å²) >= 11 is 0. The van der Waals surface area contributed by atoms with Gasteiger partial charge < -0.3 is 10.5 Å². The molecular weight excluding hydrogens is 138 g/mol. The minimum Gasteiger partial charge on any atom is -0.381 e. The maximum Gasteiger partial charge on any atom is 0.0525 e. The van der Waals surface area contributed by atoms with Crippen molar-refractivity contribution in [2.45, 2.75) is 25.7 Å². The van der Waals surface area contributed by atoms with Crippen LogP contribution in [-0.4, -0.2) is 19.8 Å². The molecule has 1 unspecified atom stereocenters. The highest BCUT2D eigenvalue weighted by Crippen LogP contribution is 2.56. The summed E-state index contributed by atoms with van der Waals surface area (Å²) in [7, 11) is 0. The Morgan fingerprint density at radius 2 is 2.27 bits per heavy atom. The minimum absolute atomic E-state index is 0.595. The summed E-state index contributed by atoms with van der Waals surface area (Å²) in [6.45, 7) is 2.83. The number of hydrogen-bond donors (Lipinski definition) is 1. The van der Waals surface area contributed by atoms with Crippen LogP contribution in [0, 0.1) is 11.3 Å². The van der Waals surface area contributed by atoms with E-state index in [0.717, 1.165) is 25.7 Å². The van der Waals surface area contributed by atoms with Crippen LogP contribution in [-0.2, 0) is 4.74 Å². The molecule has 0 bridgehead atoms. The standard InChI is InChI=1S/C9H17NO/c10-5-1-8-2-6-11-7-9(8)3-4-9/h8H,1-7,10H2. The number of nitrogens with two attached hydrogens (primary N) is 1. The Morgan fingerprint density at radius 1 is 1.45 bits per heavy atom. The molecular formula is C9H17NO. The summed E-state index contributed by atoms with van der Waals surface area (Å²) in [5, 5.41) is 0. The van der Waals surface area contributed by atoms with Crippen LogP contribution in [0.15, 0.2) is 0 Å². The molecule has 1 saturated heterocycles. The molecule has 64 valence electrons. The average Bonchev–Trinajstić information content (AvgIpc) is 2.77. The summed E-state index contributed by atoms with van der Waals surface area (Å²) in [6.07, 6.45) is 5.23. The molecule has 1 heterocycles. The molecule has 1 aliphatic heterocycles. The van der Waals surface area contributed by atoms with E-state index >= 15 is 0 Å². The smallest absolute Gasteiger partial charge is 0.0525 e. The first-order valence-electron chi connectivity index (χ1n) is 4.65. The second-order valence-corrected chi connectivity index (χ2v) is 3.98. The van der Waals surface area contributed by atoms with Crippen molar-refractivity contribution >= 4 is 0 Å².